The third-order valence-electron chi connectivity index (χ3n) is 4.25. The van der Waals surface area contributed by atoms with Gasteiger partial charge in [0.05, 0.1) is 23.6 Å². The summed E-state index contributed by atoms with van der Waals surface area (Å²) in [6.45, 7) is 1.03. The third kappa shape index (κ3) is 4.13. The average Bonchev–Trinajstić information content (AvgIpc) is 3.06. The number of benzene rings is 1. The van der Waals surface area contributed by atoms with Crippen LogP contribution < -0.4 is 5.32 Å². The van der Waals surface area contributed by atoms with Crippen molar-refractivity contribution in [1.29, 1.82) is 0 Å². The second-order valence-electron chi connectivity index (χ2n) is 5.90. The lowest BCUT2D eigenvalue weighted by molar-refractivity contribution is 0.0600. The van der Waals surface area contributed by atoms with Crippen molar-refractivity contribution in [3.05, 3.63) is 47.8 Å². The number of methoxy groups -OCH3 is 1. The first-order chi connectivity index (χ1) is 12.3. The maximum absolute atomic E-state index is 13.9. The van der Waals surface area contributed by atoms with Crippen LogP contribution in [-0.2, 0) is 21.8 Å². The highest BCUT2D eigenvalue weighted by atomic mass is 35.5. The number of hydrogen-bond acceptors (Lipinski definition) is 6. The van der Waals surface area contributed by atoms with Gasteiger partial charge in [0.15, 0.2) is 0 Å². The molecule has 1 saturated heterocycles. The van der Waals surface area contributed by atoms with Crippen LogP contribution >= 0.6 is 12.4 Å². The topological polar surface area (TPSA) is 93.5 Å². The van der Waals surface area contributed by atoms with Crippen molar-refractivity contribution in [1.82, 2.24) is 19.2 Å². The van der Waals surface area contributed by atoms with Crippen LogP contribution in [0.4, 0.5) is 4.39 Å². The lowest BCUT2D eigenvalue weighted by Gasteiger charge is -2.34. The van der Waals surface area contributed by atoms with Crippen molar-refractivity contribution in [2.24, 2.45) is 7.05 Å². The number of ether oxygens (including phenoxy) is 1. The van der Waals surface area contributed by atoms with E-state index in [0.29, 0.717) is 18.9 Å². The Hall–Kier alpha value is -2.01. The number of carbonyl (C=O) groups is 1. The number of hydrogen-bond donors (Lipinski definition) is 1. The van der Waals surface area contributed by atoms with E-state index in [1.165, 1.54) is 4.31 Å². The van der Waals surface area contributed by atoms with Gasteiger partial charge in [-0.2, -0.15) is 4.31 Å². The number of esters is 1. The van der Waals surface area contributed by atoms with Crippen LogP contribution in [0.5, 0.6) is 0 Å². The summed E-state index contributed by atoms with van der Waals surface area (Å²) in [5.74, 6) is -1.05. The first kappa shape index (κ1) is 21.3. The molecule has 1 fully saturated rings. The molecule has 1 aromatic heterocycles. The van der Waals surface area contributed by atoms with Crippen LogP contribution in [0.1, 0.15) is 22.2 Å². The molecule has 1 N–H and O–H groups in total. The zero-order chi connectivity index (χ0) is 18.9. The Morgan fingerprint density at radius 2 is 2.11 bits per heavy atom. The molecule has 0 bridgehead atoms. The first-order valence-corrected chi connectivity index (χ1v) is 9.37. The number of piperazine rings is 1. The highest BCUT2D eigenvalue weighted by molar-refractivity contribution is 7.89. The summed E-state index contributed by atoms with van der Waals surface area (Å²) in [6, 6.07) is 2.43. The molecule has 148 valence electrons. The van der Waals surface area contributed by atoms with E-state index in [9.17, 15) is 17.6 Å². The summed E-state index contributed by atoms with van der Waals surface area (Å²) in [4.78, 5) is 15.6. The van der Waals surface area contributed by atoms with Crippen LogP contribution in [0.15, 0.2) is 35.5 Å². The van der Waals surface area contributed by atoms with Gasteiger partial charge >= 0.3 is 5.97 Å². The van der Waals surface area contributed by atoms with Gasteiger partial charge in [-0.1, -0.05) is 0 Å². The fraction of sp³-hybridized carbons (Fsp3) is 0.375. The van der Waals surface area contributed by atoms with Crippen molar-refractivity contribution < 1.29 is 22.3 Å². The molecule has 27 heavy (non-hydrogen) atoms. The van der Waals surface area contributed by atoms with Crippen molar-refractivity contribution in [3.63, 3.8) is 0 Å². The summed E-state index contributed by atoms with van der Waals surface area (Å²) in [6.07, 6.45) is 3.32. The molecule has 1 aliphatic heterocycles. The Morgan fingerprint density at radius 3 is 2.74 bits per heavy atom. The van der Waals surface area contributed by atoms with Crippen LogP contribution in [0.2, 0.25) is 0 Å². The summed E-state index contributed by atoms with van der Waals surface area (Å²) in [5, 5.41) is 3.15. The second-order valence-corrected chi connectivity index (χ2v) is 7.79. The fourth-order valence-electron chi connectivity index (χ4n) is 2.97. The maximum atomic E-state index is 13.9. The molecule has 2 heterocycles. The Kier molecular flexibility index (Phi) is 6.58. The smallest absolute Gasteiger partial charge is 0.337 e. The zero-order valence-electron chi connectivity index (χ0n) is 14.8. The van der Waals surface area contributed by atoms with Crippen molar-refractivity contribution in [2.45, 2.75) is 10.9 Å². The lowest BCUT2D eigenvalue weighted by atomic mass is 10.2. The Balaban J connectivity index is 0.00000261. The normalized spacial score (nSPS) is 18.0. The van der Waals surface area contributed by atoms with E-state index in [4.69, 9.17) is 0 Å². The molecule has 0 spiro atoms. The van der Waals surface area contributed by atoms with Crippen LogP contribution in [0, 0.1) is 5.82 Å². The van der Waals surface area contributed by atoms with Gasteiger partial charge in [0.2, 0.25) is 10.0 Å². The van der Waals surface area contributed by atoms with Gasteiger partial charge in [0.25, 0.3) is 0 Å². The molecule has 1 aromatic carbocycles. The molecule has 1 atom stereocenters. The molecule has 0 amide bonds. The highest BCUT2D eigenvalue weighted by Crippen LogP contribution is 2.28. The van der Waals surface area contributed by atoms with Gasteiger partial charge in [-0.05, 0) is 18.2 Å². The molecule has 0 radical (unpaired) electrons. The zero-order valence-corrected chi connectivity index (χ0v) is 16.4. The highest BCUT2D eigenvalue weighted by Gasteiger charge is 2.37. The minimum atomic E-state index is -4.05. The maximum Gasteiger partial charge on any atom is 0.337 e. The molecule has 3 rings (SSSR count). The number of imidazole rings is 1. The molecule has 1 aliphatic rings. The number of nitrogens with one attached hydrogen (secondary N) is 1. The minimum absolute atomic E-state index is 0. The van der Waals surface area contributed by atoms with Gasteiger partial charge in [-0.15, -0.1) is 12.4 Å². The SMILES string of the molecule is COC(=O)c1cc(F)cc(S(=O)(=O)N2CCNCC2c2nccn2C)c1.Cl. The number of rotatable bonds is 4. The van der Waals surface area contributed by atoms with Gasteiger partial charge in [-0.25, -0.2) is 22.6 Å². The molecule has 11 heteroatoms. The summed E-state index contributed by atoms with van der Waals surface area (Å²) >= 11 is 0. The van der Waals surface area contributed by atoms with Crippen molar-refractivity contribution >= 4 is 28.4 Å². The fourth-order valence-corrected chi connectivity index (χ4v) is 4.62. The van der Waals surface area contributed by atoms with Crippen LogP contribution in [-0.4, -0.2) is 55.0 Å². The predicted molar refractivity (Wildman–Crippen MR) is 97.7 cm³/mol. The third-order valence-corrected chi connectivity index (χ3v) is 6.14. The van der Waals surface area contributed by atoms with E-state index < -0.39 is 27.9 Å². The summed E-state index contributed by atoms with van der Waals surface area (Å²) in [7, 11) is -1.12. The van der Waals surface area contributed by atoms with E-state index in [2.05, 4.69) is 15.0 Å². The monoisotopic (exact) mass is 418 g/mol. The van der Waals surface area contributed by atoms with E-state index in [0.717, 1.165) is 25.3 Å². The van der Waals surface area contributed by atoms with E-state index in [-0.39, 0.29) is 29.4 Å². The van der Waals surface area contributed by atoms with E-state index in [1.54, 1.807) is 24.0 Å². The molecule has 0 saturated carbocycles. The quantitative estimate of drug-likeness (QED) is 0.747. The average molecular weight is 419 g/mol. The molecule has 2 aromatic rings. The van der Waals surface area contributed by atoms with Crippen molar-refractivity contribution in [2.75, 3.05) is 26.7 Å². The van der Waals surface area contributed by atoms with E-state index >= 15 is 0 Å². The van der Waals surface area contributed by atoms with Gasteiger partial charge in [0, 0.05) is 39.1 Å². The van der Waals surface area contributed by atoms with Gasteiger partial charge in [-0.3, -0.25) is 0 Å². The molecular formula is C16H20ClFN4O4S. The Morgan fingerprint density at radius 1 is 1.37 bits per heavy atom. The summed E-state index contributed by atoms with van der Waals surface area (Å²) < 4.78 is 47.8. The summed E-state index contributed by atoms with van der Waals surface area (Å²) in [5.41, 5.74) is -0.158. The number of aryl methyl sites for hydroxylation is 1. The molecular weight excluding hydrogens is 399 g/mol. The molecule has 1 unspecified atom stereocenters. The Labute approximate surface area is 162 Å². The van der Waals surface area contributed by atoms with Crippen LogP contribution in [0.3, 0.4) is 0 Å². The Bertz CT molecular complexity index is 934. The lowest BCUT2D eigenvalue weighted by Crippen LogP contribution is -2.49. The largest absolute Gasteiger partial charge is 0.465 e. The van der Waals surface area contributed by atoms with Gasteiger partial charge < -0.3 is 14.6 Å². The number of sulfonamides is 1. The predicted octanol–water partition coefficient (Wildman–Crippen LogP) is 1.10. The van der Waals surface area contributed by atoms with Crippen molar-refractivity contribution in [3.8, 4) is 0 Å². The number of aromatic nitrogens is 2. The number of halogens is 2. The van der Waals surface area contributed by atoms with Crippen LogP contribution in [0.25, 0.3) is 0 Å². The standard InChI is InChI=1S/C16H19FN4O4S.ClH/c1-20-5-4-19-15(20)14-10-18-3-6-21(14)26(23,24)13-8-11(16(22)25-2)7-12(17)9-13;/h4-5,7-9,14,18H,3,6,10H2,1-2H3;1H. The molecule has 8 nitrogen and oxygen atoms in total. The van der Waals surface area contributed by atoms with Gasteiger partial charge in [0.1, 0.15) is 11.6 Å². The number of carbonyl (C=O) groups excluding carboxylic acids is 1. The number of nitrogens with zero attached hydrogens (tertiary/aromatic N) is 3. The first-order valence-electron chi connectivity index (χ1n) is 7.93. The minimum Gasteiger partial charge on any atom is -0.465 e. The second kappa shape index (κ2) is 8.34. The van der Waals surface area contributed by atoms with E-state index in [1.807, 2.05) is 0 Å². The molecule has 0 aliphatic carbocycles.